The number of benzene rings is 4. The Balaban J connectivity index is 2.03. The van der Waals surface area contributed by atoms with E-state index in [9.17, 15) is 9.90 Å². The van der Waals surface area contributed by atoms with Gasteiger partial charge < -0.3 is 16.6 Å². The van der Waals surface area contributed by atoms with Crippen LogP contribution in [0, 0.1) is 0 Å². The largest absolute Gasteiger partial charge is 0.478 e. The lowest BCUT2D eigenvalue weighted by Crippen LogP contribution is -2.30. The molecule has 4 aromatic carbocycles. The first-order valence-electron chi connectivity index (χ1n) is 13.6. The lowest BCUT2D eigenvalue weighted by Gasteiger charge is -2.36. The maximum absolute atomic E-state index is 12.2. The number of hydrogen-bond donors (Lipinski definition) is 3. The summed E-state index contributed by atoms with van der Waals surface area (Å²) in [5.41, 5.74) is 25.5. The monoisotopic (exact) mass is 504 g/mol. The Kier molecular flexibility index (Phi) is 6.52. The van der Waals surface area contributed by atoms with Crippen molar-refractivity contribution in [2.75, 3.05) is 11.5 Å². The smallest absolute Gasteiger partial charge is 0.335 e. The van der Waals surface area contributed by atoms with Gasteiger partial charge in [0.25, 0.3) is 0 Å². The van der Waals surface area contributed by atoms with Crippen LogP contribution in [0.5, 0.6) is 0 Å². The summed E-state index contributed by atoms with van der Waals surface area (Å²) in [5.74, 6) is -0.931. The van der Waals surface area contributed by atoms with Gasteiger partial charge in [-0.2, -0.15) is 0 Å². The maximum Gasteiger partial charge on any atom is 0.335 e. The van der Waals surface area contributed by atoms with Crippen LogP contribution in [0.25, 0.3) is 11.1 Å². The van der Waals surface area contributed by atoms with Crippen LogP contribution in [-0.2, 0) is 31.1 Å². The van der Waals surface area contributed by atoms with E-state index in [1.54, 1.807) is 6.07 Å². The molecular formula is C34H36N2O2. The van der Waals surface area contributed by atoms with Crippen LogP contribution in [0.3, 0.4) is 0 Å². The fourth-order valence-electron chi connectivity index (χ4n) is 6.36. The van der Waals surface area contributed by atoms with Crippen LogP contribution >= 0.6 is 0 Å². The van der Waals surface area contributed by atoms with Crippen LogP contribution in [-0.4, -0.2) is 11.1 Å². The van der Waals surface area contributed by atoms with Gasteiger partial charge in [0.15, 0.2) is 0 Å². The molecule has 0 saturated carbocycles. The fraction of sp³-hybridized carbons (Fsp3) is 0.265. The molecule has 0 bridgehead atoms. The van der Waals surface area contributed by atoms with Crippen LogP contribution in [0.15, 0.2) is 66.7 Å². The van der Waals surface area contributed by atoms with Crippen molar-refractivity contribution in [1.29, 1.82) is 0 Å². The highest BCUT2D eigenvalue weighted by molar-refractivity contribution is 5.93. The van der Waals surface area contributed by atoms with Gasteiger partial charge in [0.1, 0.15) is 0 Å². The van der Waals surface area contributed by atoms with Gasteiger partial charge in [0.2, 0.25) is 0 Å². The number of fused-ring (bicyclic) bond motifs is 3. The van der Waals surface area contributed by atoms with Gasteiger partial charge in [-0.05, 0) is 93.5 Å². The van der Waals surface area contributed by atoms with Gasteiger partial charge in [0, 0.05) is 11.4 Å². The molecule has 194 valence electrons. The molecule has 1 aliphatic rings. The molecule has 5 N–H and O–H groups in total. The van der Waals surface area contributed by atoms with Crippen LogP contribution in [0.4, 0.5) is 11.4 Å². The van der Waals surface area contributed by atoms with Gasteiger partial charge in [0.05, 0.1) is 11.0 Å². The molecular weight excluding hydrogens is 468 g/mol. The number of carboxylic acid groups (broad SMARTS) is 1. The van der Waals surface area contributed by atoms with Gasteiger partial charge in [-0.3, -0.25) is 0 Å². The minimum atomic E-state index is -0.931. The highest BCUT2D eigenvalue weighted by Crippen LogP contribution is 2.57. The predicted octanol–water partition coefficient (Wildman–Crippen LogP) is 7.16. The van der Waals surface area contributed by atoms with Crippen LogP contribution in [0.1, 0.15) is 82.6 Å². The number of carbonyl (C=O) groups is 1. The minimum absolute atomic E-state index is 0.282. The van der Waals surface area contributed by atoms with Gasteiger partial charge >= 0.3 is 5.97 Å². The second kappa shape index (κ2) is 9.68. The molecule has 0 spiro atoms. The molecule has 4 heteroatoms. The standard InChI is InChI=1S/C34H36N2O2/c1-5-20-15-25(16-21(6-2)31(20)35)34(26-17-22(7-3)32(36)23(8-4)18-26)29-12-10-9-11-27(29)28-14-13-24(33(37)38)19-30(28)34/h9-19H,5-8,35-36H2,1-4H3,(H,37,38). The summed E-state index contributed by atoms with van der Waals surface area (Å²) in [6, 6.07) is 23.0. The zero-order valence-corrected chi connectivity index (χ0v) is 22.7. The highest BCUT2D eigenvalue weighted by atomic mass is 16.4. The van der Waals surface area contributed by atoms with E-state index in [2.05, 4.69) is 76.2 Å². The van der Waals surface area contributed by atoms with E-state index >= 15 is 0 Å². The number of nitrogens with two attached hydrogens (primary N) is 2. The number of hydrogen-bond acceptors (Lipinski definition) is 3. The topological polar surface area (TPSA) is 89.3 Å². The van der Waals surface area contributed by atoms with E-state index < -0.39 is 11.4 Å². The normalized spacial score (nSPS) is 13.3. The molecule has 4 aromatic rings. The van der Waals surface area contributed by atoms with E-state index in [0.29, 0.717) is 0 Å². The second-order valence-electron chi connectivity index (χ2n) is 10.2. The molecule has 5 rings (SSSR count). The summed E-state index contributed by atoms with van der Waals surface area (Å²) in [6.45, 7) is 8.53. The zero-order chi connectivity index (χ0) is 27.2. The molecule has 1 aliphatic carbocycles. The van der Waals surface area contributed by atoms with Gasteiger partial charge in [-0.25, -0.2) is 4.79 Å². The van der Waals surface area contributed by atoms with Crippen LogP contribution < -0.4 is 11.5 Å². The Morgan fingerprint density at radius 2 is 1.11 bits per heavy atom. The first-order valence-corrected chi connectivity index (χ1v) is 13.6. The first-order chi connectivity index (χ1) is 18.3. The van der Waals surface area contributed by atoms with E-state index in [1.807, 2.05) is 12.1 Å². The Bertz CT molecular complexity index is 1460. The van der Waals surface area contributed by atoms with Crippen molar-refractivity contribution in [3.05, 3.63) is 117 Å². The van der Waals surface area contributed by atoms with E-state index in [1.165, 1.54) is 0 Å². The third-order valence-corrected chi connectivity index (χ3v) is 8.38. The Morgan fingerprint density at radius 1 is 0.658 bits per heavy atom. The van der Waals surface area contributed by atoms with Crippen LogP contribution in [0.2, 0.25) is 0 Å². The third kappa shape index (κ3) is 3.62. The van der Waals surface area contributed by atoms with Crippen molar-refractivity contribution in [2.24, 2.45) is 0 Å². The van der Waals surface area contributed by atoms with Gasteiger partial charge in [-0.1, -0.05) is 82.3 Å². The molecule has 0 radical (unpaired) electrons. The van der Waals surface area contributed by atoms with E-state index in [0.717, 1.165) is 92.7 Å². The maximum atomic E-state index is 12.2. The third-order valence-electron chi connectivity index (χ3n) is 8.38. The summed E-state index contributed by atoms with van der Waals surface area (Å²) in [4.78, 5) is 12.2. The number of carboxylic acids is 1. The van der Waals surface area contributed by atoms with Crippen molar-refractivity contribution in [2.45, 2.75) is 58.8 Å². The van der Waals surface area contributed by atoms with E-state index in [-0.39, 0.29) is 5.56 Å². The number of aromatic carboxylic acids is 1. The average molecular weight is 505 g/mol. The average Bonchev–Trinajstić information content (AvgIpc) is 3.24. The molecule has 0 amide bonds. The Hall–Kier alpha value is -4.05. The summed E-state index contributed by atoms with van der Waals surface area (Å²) < 4.78 is 0. The van der Waals surface area contributed by atoms with E-state index in [4.69, 9.17) is 11.5 Å². The van der Waals surface area contributed by atoms with Crippen molar-refractivity contribution in [3.8, 4) is 11.1 Å². The number of nitrogen functional groups attached to an aromatic ring is 2. The summed E-state index contributed by atoms with van der Waals surface area (Å²) in [5, 5.41) is 10.0. The second-order valence-corrected chi connectivity index (χ2v) is 10.2. The molecule has 0 aromatic heterocycles. The SMILES string of the molecule is CCc1cc(C2(c3cc(CC)c(N)c(CC)c3)c3ccccc3-c3ccc(C(=O)O)cc32)cc(CC)c1N. The molecule has 0 fully saturated rings. The number of anilines is 2. The first kappa shape index (κ1) is 25.6. The number of rotatable bonds is 7. The Labute approximate surface area is 225 Å². The zero-order valence-electron chi connectivity index (χ0n) is 22.7. The quantitative estimate of drug-likeness (QED) is 0.205. The molecule has 4 nitrogen and oxygen atoms in total. The molecule has 0 unspecified atom stereocenters. The highest BCUT2D eigenvalue weighted by Gasteiger charge is 2.47. The molecule has 0 aliphatic heterocycles. The number of aryl methyl sites for hydroxylation is 4. The fourth-order valence-corrected chi connectivity index (χ4v) is 6.36. The lowest BCUT2D eigenvalue weighted by atomic mass is 9.66. The predicted molar refractivity (Wildman–Crippen MR) is 157 cm³/mol. The molecule has 0 saturated heterocycles. The van der Waals surface area contributed by atoms with Crippen molar-refractivity contribution in [3.63, 3.8) is 0 Å². The summed E-state index contributed by atoms with van der Waals surface area (Å²) in [7, 11) is 0. The minimum Gasteiger partial charge on any atom is -0.478 e. The summed E-state index contributed by atoms with van der Waals surface area (Å²) >= 11 is 0. The lowest BCUT2D eigenvalue weighted by molar-refractivity contribution is 0.0696. The molecule has 38 heavy (non-hydrogen) atoms. The van der Waals surface area contributed by atoms with Crippen molar-refractivity contribution >= 4 is 17.3 Å². The molecule has 0 heterocycles. The summed E-state index contributed by atoms with van der Waals surface area (Å²) in [6.07, 6.45) is 3.26. The Morgan fingerprint density at radius 3 is 1.55 bits per heavy atom. The van der Waals surface area contributed by atoms with Gasteiger partial charge in [-0.15, -0.1) is 0 Å². The van der Waals surface area contributed by atoms with Crippen molar-refractivity contribution in [1.82, 2.24) is 0 Å². The molecule has 0 atom stereocenters. The van der Waals surface area contributed by atoms with Crippen molar-refractivity contribution < 1.29 is 9.90 Å².